The molecule has 3 atom stereocenters. The highest BCUT2D eigenvalue weighted by Crippen LogP contribution is 2.35. The van der Waals surface area contributed by atoms with E-state index in [9.17, 15) is 4.79 Å². The van der Waals surface area contributed by atoms with Crippen LogP contribution >= 0.6 is 11.8 Å². The van der Waals surface area contributed by atoms with Gasteiger partial charge >= 0.3 is 6.09 Å². The third-order valence-corrected chi connectivity index (χ3v) is 5.87. The van der Waals surface area contributed by atoms with E-state index in [0.29, 0.717) is 18.0 Å². The monoisotopic (exact) mass is 356 g/mol. The number of amides is 1. The maximum Gasteiger partial charge on any atom is 0.410 e. The lowest BCUT2D eigenvalue weighted by molar-refractivity contribution is 0.0133. The van der Waals surface area contributed by atoms with Crippen molar-refractivity contribution >= 4 is 17.9 Å². The van der Waals surface area contributed by atoms with Crippen LogP contribution in [0.4, 0.5) is 4.79 Å². The summed E-state index contributed by atoms with van der Waals surface area (Å²) in [5.74, 6) is 1.81. The molecular weight excluding hydrogens is 320 g/mol. The predicted molar refractivity (Wildman–Crippen MR) is 103 cm³/mol. The molecule has 140 valence electrons. The third-order valence-electron chi connectivity index (χ3n) is 5.17. The van der Waals surface area contributed by atoms with Gasteiger partial charge in [0.05, 0.1) is 0 Å². The second-order valence-electron chi connectivity index (χ2n) is 8.24. The van der Waals surface area contributed by atoms with Gasteiger partial charge in [0, 0.05) is 18.6 Å². The number of hydrogen-bond acceptors (Lipinski definition) is 4. The second-order valence-corrected chi connectivity index (χ2v) is 9.22. The molecule has 2 aliphatic rings. The average Bonchev–Trinajstić information content (AvgIpc) is 3.00. The Morgan fingerprint density at radius 3 is 2.67 bits per heavy atom. The zero-order chi connectivity index (χ0) is 17.6. The van der Waals surface area contributed by atoms with Crippen molar-refractivity contribution < 1.29 is 9.53 Å². The van der Waals surface area contributed by atoms with Gasteiger partial charge in [-0.25, -0.2) is 4.79 Å². The molecule has 2 fully saturated rings. The van der Waals surface area contributed by atoms with Crippen molar-refractivity contribution in [1.29, 1.82) is 0 Å². The minimum Gasteiger partial charge on any atom is -0.444 e. The van der Waals surface area contributed by atoms with Crippen LogP contribution in [0.1, 0.15) is 65.7 Å². The molecule has 2 rings (SSSR count). The van der Waals surface area contributed by atoms with Gasteiger partial charge in [-0.1, -0.05) is 12.8 Å². The van der Waals surface area contributed by atoms with Gasteiger partial charge in [-0.3, -0.25) is 0 Å². The molecule has 0 aromatic rings. The summed E-state index contributed by atoms with van der Waals surface area (Å²) >= 11 is 1.91. The molecule has 1 saturated heterocycles. The molecule has 0 aromatic carbocycles. The first-order chi connectivity index (χ1) is 11.4. The molecule has 1 aliphatic carbocycles. The third kappa shape index (κ3) is 5.83. The highest BCUT2D eigenvalue weighted by molar-refractivity contribution is 7.98. The molecule has 3 unspecified atom stereocenters. The number of carbonyl (C=O) groups excluding carboxylic acids is 1. The Bertz CT molecular complexity index is 397. The molecule has 1 heterocycles. The number of nitrogens with one attached hydrogen (secondary N) is 1. The van der Waals surface area contributed by atoms with Crippen molar-refractivity contribution in [1.82, 2.24) is 10.2 Å². The molecule has 0 radical (unpaired) electrons. The number of hydrogen-bond donors (Lipinski definition) is 1. The first-order valence-corrected chi connectivity index (χ1v) is 11.0. The van der Waals surface area contributed by atoms with Gasteiger partial charge in [0.15, 0.2) is 0 Å². The molecular formula is C19H36N2O2S. The average molecular weight is 357 g/mol. The van der Waals surface area contributed by atoms with E-state index in [4.69, 9.17) is 4.74 Å². The summed E-state index contributed by atoms with van der Waals surface area (Å²) in [5, 5.41) is 3.80. The normalized spacial score (nSPS) is 28.2. The van der Waals surface area contributed by atoms with Crippen molar-refractivity contribution in [2.75, 3.05) is 25.1 Å². The Balaban J connectivity index is 1.95. The Morgan fingerprint density at radius 2 is 1.96 bits per heavy atom. The van der Waals surface area contributed by atoms with Crippen LogP contribution in [0.2, 0.25) is 0 Å². The summed E-state index contributed by atoms with van der Waals surface area (Å²) < 4.78 is 5.65. The highest BCUT2D eigenvalue weighted by atomic mass is 32.2. The van der Waals surface area contributed by atoms with Gasteiger partial charge in [-0.05, 0) is 77.3 Å². The number of likely N-dealkylation sites (tertiary alicyclic amines) is 1. The Morgan fingerprint density at radius 1 is 1.21 bits per heavy atom. The summed E-state index contributed by atoms with van der Waals surface area (Å²) in [6.07, 6.45) is 10.6. The number of rotatable bonds is 6. The number of ether oxygens (including phenoxy) is 1. The predicted octanol–water partition coefficient (Wildman–Crippen LogP) is 4.29. The molecule has 1 N–H and O–H groups in total. The molecule has 1 saturated carbocycles. The van der Waals surface area contributed by atoms with E-state index in [1.807, 2.05) is 37.4 Å². The van der Waals surface area contributed by atoms with Crippen LogP contribution in [-0.2, 0) is 4.74 Å². The Kier molecular flexibility index (Phi) is 7.73. The molecule has 5 heteroatoms. The number of nitrogens with zero attached hydrogens (tertiary/aromatic N) is 1. The van der Waals surface area contributed by atoms with Crippen molar-refractivity contribution in [3.8, 4) is 0 Å². The van der Waals surface area contributed by atoms with Crippen LogP contribution < -0.4 is 5.32 Å². The summed E-state index contributed by atoms with van der Waals surface area (Å²) in [4.78, 5) is 14.6. The lowest BCUT2D eigenvalue weighted by atomic mass is 9.79. The Hall–Kier alpha value is -0.420. The first kappa shape index (κ1) is 19.9. The van der Waals surface area contributed by atoms with Gasteiger partial charge in [0.25, 0.3) is 0 Å². The van der Waals surface area contributed by atoms with Crippen molar-refractivity contribution in [2.45, 2.75) is 83.4 Å². The Labute approximate surface area is 152 Å². The zero-order valence-electron chi connectivity index (χ0n) is 16.0. The van der Waals surface area contributed by atoms with E-state index in [1.165, 1.54) is 37.9 Å². The SMILES string of the molecule is CSCCCNC1CCCCC1C1CCCN1C(=O)OC(C)(C)C. The summed E-state index contributed by atoms with van der Waals surface area (Å²) in [6.45, 7) is 7.81. The number of thioether (sulfide) groups is 1. The highest BCUT2D eigenvalue weighted by Gasteiger charge is 2.40. The molecule has 1 amide bonds. The largest absolute Gasteiger partial charge is 0.444 e. The second kappa shape index (κ2) is 9.33. The van der Waals surface area contributed by atoms with Gasteiger partial charge in [0.1, 0.15) is 5.60 Å². The first-order valence-electron chi connectivity index (χ1n) is 9.64. The molecule has 1 aliphatic heterocycles. The molecule has 4 nitrogen and oxygen atoms in total. The van der Waals surface area contributed by atoms with Gasteiger partial charge in [0.2, 0.25) is 0 Å². The quantitative estimate of drug-likeness (QED) is 0.721. The van der Waals surface area contributed by atoms with E-state index < -0.39 is 5.60 Å². The minimum absolute atomic E-state index is 0.114. The fourth-order valence-electron chi connectivity index (χ4n) is 4.16. The van der Waals surface area contributed by atoms with Crippen molar-refractivity contribution in [2.24, 2.45) is 5.92 Å². The van der Waals surface area contributed by atoms with Crippen LogP contribution in [0, 0.1) is 5.92 Å². The van der Waals surface area contributed by atoms with Crippen LogP contribution in [0.25, 0.3) is 0 Å². The van der Waals surface area contributed by atoms with E-state index in [-0.39, 0.29) is 6.09 Å². The summed E-state index contributed by atoms with van der Waals surface area (Å²) in [6, 6.07) is 0.923. The van der Waals surface area contributed by atoms with Gasteiger partial charge in [-0.15, -0.1) is 0 Å². The van der Waals surface area contributed by atoms with E-state index in [2.05, 4.69) is 11.6 Å². The smallest absolute Gasteiger partial charge is 0.410 e. The maximum absolute atomic E-state index is 12.6. The fourth-order valence-corrected chi connectivity index (χ4v) is 4.60. The van der Waals surface area contributed by atoms with Crippen LogP contribution in [0.3, 0.4) is 0 Å². The standard InChI is InChI=1S/C19H36N2O2S/c1-19(2,3)23-18(22)21-13-7-11-17(21)15-9-5-6-10-16(15)20-12-8-14-24-4/h15-17,20H,5-14H2,1-4H3. The van der Waals surface area contributed by atoms with E-state index >= 15 is 0 Å². The van der Waals surface area contributed by atoms with Gasteiger partial charge < -0.3 is 15.0 Å². The molecule has 0 aromatic heterocycles. The maximum atomic E-state index is 12.6. The van der Waals surface area contributed by atoms with Crippen molar-refractivity contribution in [3.05, 3.63) is 0 Å². The van der Waals surface area contributed by atoms with E-state index in [0.717, 1.165) is 25.9 Å². The fraction of sp³-hybridized carbons (Fsp3) is 0.947. The zero-order valence-corrected chi connectivity index (χ0v) is 16.8. The lowest BCUT2D eigenvalue weighted by Gasteiger charge is -2.40. The molecule has 0 bridgehead atoms. The number of carbonyl (C=O) groups is 1. The lowest BCUT2D eigenvalue weighted by Crippen LogP contribution is -2.50. The van der Waals surface area contributed by atoms with Crippen molar-refractivity contribution in [3.63, 3.8) is 0 Å². The van der Waals surface area contributed by atoms with Gasteiger partial charge in [-0.2, -0.15) is 11.8 Å². The topological polar surface area (TPSA) is 41.6 Å². The van der Waals surface area contributed by atoms with Crippen LogP contribution in [0.15, 0.2) is 0 Å². The van der Waals surface area contributed by atoms with Crippen LogP contribution in [0.5, 0.6) is 0 Å². The minimum atomic E-state index is -0.410. The van der Waals surface area contributed by atoms with Crippen LogP contribution in [-0.4, -0.2) is 53.8 Å². The molecule has 0 spiro atoms. The summed E-state index contributed by atoms with van der Waals surface area (Å²) in [7, 11) is 0. The van der Waals surface area contributed by atoms with E-state index in [1.54, 1.807) is 0 Å². The molecule has 24 heavy (non-hydrogen) atoms. The summed E-state index contributed by atoms with van der Waals surface area (Å²) in [5.41, 5.74) is -0.410.